The molecule has 2 heterocycles. The average molecular weight is 909 g/mol. The minimum absolute atomic E-state index is 0.333. The van der Waals surface area contributed by atoms with Gasteiger partial charge in [-0.2, -0.15) is 0 Å². The van der Waals surface area contributed by atoms with E-state index in [1.54, 1.807) is 0 Å². The predicted octanol–water partition coefficient (Wildman–Crippen LogP) is 18.2. The second-order valence-corrected chi connectivity index (χ2v) is 21.0. The summed E-state index contributed by atoms with van der Waals surface area (Å²) in [5.41, 5.74) is 21.3. The lowest BCUT2D eigenvalue weighted by Crippen LogP contribution is -2.26. The van der Waals surface area contributed by atoms with Crippen LogP contribution in [0.1, 0.15) is 72.2 Å². The van der Waals surface area contributed by atoms with Crippen molar-refractivity contribution >= 4 is 21.5 Å². The second kappa shape index (κ2) is 14.3. The van der Waals surface area contributed by atoms with Crippen molar-refractivity contribution < 1.29 is 9.47 Å². The van der Waals surface area contributed by atoms with Crippen molar-refractivity contribution in [3.8, 4) is 78.6 Å². The second-order valence-electron chi connectivity index (χ2n) is 21.0. The van der Waals surface area contributed by atoms with E-state index >= 15 is 0 Å². The Balaban J connectivity index is 1.09. The molecule has 2 aliphatic heterocycles. The molecule has 1 spiro atoms. The van der Waals surface area contributed by atoms with Gasteiger partial charge in [-0.25, -0.2) is 0 Å². The van der Waals surface area contributed by atoms with Crippen LogP contribution in [0.15, 0.2) is 218 Å². The number of hydrogen-bond donors (Lipinski definition) is 0. The van der Waals surface area contributed by atoms with Gasteiger partial charge in [0, 0.05) is 33.1 Å². The molecule has 11 aromatic rings. The molecule has 0 saturated heterocycles. The van der Waals surface area contributed by atoms with Crippen LogP contribution in [0.3, 0.4) is 0 Å². The van der Waals surface area contributed by atoms with Gasteiger partial charge < -0.3 is 9.47 Å². The zero-order valence-electron chi connectivity index (χ0n) is 40.1. The normalized spacial score (nSPS) is 15.3. The highest BCUT2D eigenvalue weighted by Crippen LogP contribution is 2.65. The van der Waals surface area contributed by atoms with Gasteiger partial charge in [0.1, 0.15) is 23.0 Å². The first kappa shape index (κ1) is 40.4. The fourth-order valence-electron chi connectivity index (χ4n) is 13.9. The van der Waals surface area contributed by atoms with E-state index in [-0.39, 0.29) is 10.8 Å². The smallest absolute Gasteiger partial charge is 0.132 e. The number of ether oxygens (including phenoxy) is 2. The molecule has 0 amide bonds. The summed E-state index contributed by atoms with van der Waals surface area (Å²) >= 11 is 0. The lowest BCUT2D eigenvalue weighted by molar-refractivity contribution is 0.418. The third kappa shape index (κ3) is 5.21. The first-order valence-electron chi connectivity index (χ1n) is 25.0. The minimum Gasteiger partial charge on any atom is -0.457 e. The fraction of sp³-hybridized carbons (Fsp3) is 0.101. The van der Waals surface area contributed by atoms with Crippen molar-refractivity contribution in [2.75, 3.05) is 0 Å². The summed E-state index contributed by atoms with van der Waals surface area (Å²) < 4.78 is 13.6. The predicted molar refractivity (Wildman–Crippen MR) is 291 cm³/mol. The molecule has 2 heteroatoms. The van der Waals surface area contributed by atoms with Crippen LogP contribution < -0.4 is 9.47 Å². The summed E-state index contributed by atoms with van der Waals surface area (Å²) in [6.07, 6.45) is 0. The van der Waals surface area contributed by atoms with Gasteiger partial charge in [-0.1, -0.05) is 216 Å². The molecule has 2 nitrogen and oxygen atoms in total. The average Bonchev–Trinajstić information content (AvgIpc) is 3.87. The zero-order valence-corrected chi connectivity index (χ0v) is 40.1. The lowest BCUT2D eigenvalue weighted by atomic mass is 9.68. The summed E-state index contributed by atoms with van der Waals surface area (Å²) in [7, 11) is 0. The van der Waals surface area contributed by atoms with Crippen LogP contribution in [-0.2, 0) is 16.2 Å². The molecule has 0 N–H and O–H groups in total. The third-order valence-corrected chi connectivity index (χ3v) is 16.8. The first-order chi connectivity index (χ1) is 34.8. The largest absolute Gasteiger partial charge is 0.457 e. The molecule has 336 valence electrons. The van der Waals surface area contributed by atoms with Gasteiger partial charge in [0.05, 0.1) is 5.41 Å². The van der Waals surface area contributed by atoms with Crippen molar-refractivity contribution in [1.82, 2.24) is 0 Å². The van der Waals surface area contributed by atoms with E-state index in [0.717, 1.165) is 23.0 Å². The highest BCUT2D eigenvalue weighted by Gasteiger charge is 2.53. The molecule has 2 aliphatic carbocycles. The number of fused-ring (bicyclic) bond motifs is 16. The van der Waals surface area contributed by atoms with Crippen LogP contribution in [0.5, 0.6) is 23.0 Å². The Morgan fingerprint density at radius 1 is 0.254 bits per heavy atom. The number of hydrogen-bond acceptors (Lipinski definition) is 2. The van der Waals surface area contributed by atoms with Gasteiger partial charge in [0.25, 0.3) is 0 Å². The molecule has 0 atom stereocenters. The minimum atomic E-state index is -0.542. The molecule has 0 unspecified atom stereocenters. The molecule has 0 aromatic heterocycles. The quantitative estimate of drug-likeness (QED) is 0.164. The first-order valence-corrected chi connectivity index (χ1v) is 25.0. The highest BCUT2D eigenvalue weighted by atomic mass is 16.5. The van der Waals surface area contributed by atoms with Crippen LogP contribution in [0.4, 0.5) is 0 Å². The molecule has 15 rings (SSSR count). The molecule has 11 aromatic carbocycles. The van der Waals surface area contributed by atoms with E-state index in [0.29, 0.717) is 0 Å². The Bertz CT molecular complexity index is 3900. The maximum absolute atomic E-state index is 6.81. The Labute approximate surface area is 414 Å². The molecule has 0 saturated carbocycles. The monoisotopic (exact) mass is 908 g/mol. The summed E-state index contributed by atoms with van der Waals surface area (Å²) in [5, 5.41) is 4.83. The number of benzene rings is 11. The van der Waals surface area contributed by atoms with Gasteiger partial charge in [0.15, 0.2) is 0 Å². The topological polar surface area (TPSA) is 18.5 Å². The van der Waals surface area contributed by atoms with Crippen LogP contribution in [-0.4, -0.2) is 0 Å². The summed E-state index contributed by atoms with van der Waals surface area (Å²) in [5.74, 6) is 3.65. The third-order valence-electron chi connectivity index (χ3n) is 16.8. The Morgan fingerprint density at radius 2 is 0.577 bits per heavy atom. The standard InChI is InChI=1S/C69H48O2/c1-67(2)57-34-11-13-36-59(57)70-61-38-18-28-48(65(61)67)41-23-15-25-46-52(41)40-53-42(49-29-19-39-62-66(49)68(3,4)58-35-12-14-37-60(58)71-62)24-16-26-47(53)63(46)51-30-17-27-50-45-22-7-10-33-56(45)69(64(50)51)54-31-8-5-20-43(54)44-21-6-9-32-55(44)69/h5-40H,1-4H3. The van der Waals surface area contributed by atoms with Crippen LogP contribution in [0.25, 0.3) is 77.2 Å². The van der Waals surface area contributed by atoms with E-state index in [9.17, 15) is 0 Å². The maximum Gasteiger partial charge on any atom is 0.132 e. The van der Waals surface area contributed by atoms with Crippen molar-refractivity contribution in [2.24, 2.45) is 0 Å². The molecule has 0 fully saturated rings. The van der Waals surface area contributed by atoms with E-state index < -0.39 is 5.41 Å². The molecule has 0 radical (unpaired) electrons. The van der Waals surface area contributed by atoms with Gasteiger partial charge in [-0.3, -0.25) is 0 Å². The zero-order chi connectivity index (χ0) is 47.4. The Morgan fingerprint density at radius 3 is 1.06 bits per heavy atom. The van der Waals surface area contributed by atoms with Gasteiger partial charge in [-0.05, 0) is 130 Å². The van der Waals surface area contributed by atoms with Crippen LogP contribution in [0.2, 0.25) is 0 Å². The molecule has 4 aliphatic rings. The van der Waals surface area contributed by atoms with Crippen molar-refractivity contribution in [1.29, 1.82) is 0 Å². The molecular formula is C69H48O2. The highest BCUT2D eigenvalue weighted by molar-refractivity contribution is 6.20. The van der Waals surface area contributed by atoms with Crippen molar-refractivity contribution in [3.05, 3.63) is 263 Å². The molecule has 71 heavy (non-hydrogen) atoms. The van der Waals surface area contributed by atoms with E-state index in [2.05, 4.69) is 246 Å². The van der Waals surface area contributed by atoms with Gasteiger partial charge >= 0.3 is 0 Å². The van der Waals surface area contributed by atoms with Gasteiger partial charge in [0.2, 0.25) is 0 Å². The fourth-order valence-corrected chi connectivity index (χ4v) is 13.9. The summed E-state index contributed by atoms with van der Waals surface area (Å²) in [6, 6.07) is 81.3. The summed E-state index contributed by atoms with van der Waals surface area (Å²) in [4.78, 5) is 0. The van der Waals surface area contributed by atoms with Crippen molar-refractivity contribution in [3.63, 3.8) is 0 Å². The number of rotatable bonds is 3. The maximum atomic E-state index is 6.81. The van der Waals surface area contributed by atoms with Crippen molar-refractivity contribution in [2.45, 2.75) is 43.9 Å². The van der Waals surface area contributed by atoms with Crippen LogP contribution in [0, 0.1) is 0 Å². The van der Waals surface area contributed by atoms with E-state index in [4.69, 9.17) is 9.47 Å². The van der Waals surface area contributed by atoms with E-state index in [1.165, 1.54) is 122 Å². The molecule has 0 bridgehead atoms. The van der Waals surface area contributed by atoms with Gasteiger partial charge in [-0.15, -0.1) is 0 Å². The Hall–Kier alpha value is -8.46. The Kier molecular flexibility index (Phi) is 8.15. The molecular weight excluding hydrogens is 861 g/mol. The lowest BCUT2D eigenvalue weighted by Gasteiger charge is -2.36. The van der Waals surface area contributed by atoms with Crippen LogP contribution >= 0.6 is 0 Å². The number of para-hydroxylation sites is 2. The summed E-state index contributed by atoms with van der Waals surface area (Å²) in [6.45, 7) is 9.40. The SMILES string of the molecule is CC1(C)c2ccccc2Oc2cccc(-c3cccc4c(-c5cccc6c5C5(c7ccccc7-c7ccccc75)c5ccccc5-6)c5cccc(-c6cccc7c6C(C)(C)c6ccccc6O7)c5cc34)c21. The van der Waals surface area contributed by atoms with E-state index in [1.807, 2.05) is 0 Å².